The quantitative estimate of drug-likeness (QED) is 0.749. The molecule has 0 amide bonds. The van der Waals surface area contributed by atoms with Crippen LogP contribution in [0.15, 0.2) is 22.7 Å². The topological polar surface area (TPSA) is 26.3 Å². The van der Waals surface area contributed by atoms with E-state index in [1.807, 2.05) is 0 Å². The Labute approximate surface area is 118 Å². The average molecular weight is 339 g/mol. The zero-order valence-electron chi connectivity index (χ0n) is 10.8. The molecule has 0 heterocycles. The summed E-state index contributed by atoms with van der Waals surface area (Å²) in [4.78, 5) is 11.6. The molecule has 106 valence electrons. The second-order valence-corrected chi connectivity index (χ2v) is 6.02. The lowest BCUT2D eigenvalue weighted by Crippen LogP contribution is -2.25. The van der Waals surface area contributed by atoms with Gasteiger partial charge in [0, 0.05) is 4.47 Å². The van der Waals surface area contributed by atoms with Gasteiger partial charge in [-0.2, -0.15) is 13.2 Å². The van der Waals surface area contributed by atoms with Gasteiger partial charge in [-0.05, 0) is 44.5 Å². The van der Waals surface area contributed by atoms with Crippen LogP contribution in [0.4, 0.5) is 13.2 Å². The summed E-state index contributed by atoms with van der Waals surface area (Å²) < 4.78 is 43.2. The van der Waals surface area contributed by atoms with Crippen LogP contribution in [0.5, 0.6) is 0 Å². The Morgan fingerprint density at radius 2 is 1.79 bits per heavy atom. The Hall–Kier alpha value is -1.04. The lowest BCUT2D eigenvalue weighted by Gasteiger charge is -2.19. The zero-order valence-corrected chi connectivity index (χ0v) is 12.4. The van der Waals surface area contributed by atoms with Crippen molar-refractivity contribution in [1.29, 1.82) is 0 Å². The normalized spacial score (nSPS) is 12.4. The number of esters is 1. The van der Waals surface area contributed by atoms with E-state index in [1.165, 1.54) is 6.07 Å². The van der Waals surface area contributed by atoms with E-state index >= 15 is 0 Å². The summed E-state index contributed by atoms with van der Waals surface area (Å²) in [6, 6.07) is 3.40. The fraction of sp³-hybridized carbons (Fsp3) is 0.462. The Balaban J connectivity index is 2.91. The van der Waals surface area contributed by atoms with E-state index in [-0.39, 0.29) is 16.5 Å². The molecule has 0 aliphatic rings. The minimum atomic E-state index is -4.44. The first-order valence-corrected chi connectivity index (χ1v) is 6.35. The smallest absolute Gasteiger partial charge is 0.416 e. The van der Waals surface area contributed by atoms with E-state index in [9.17, 15) is 18.0 Å². The lowest BCUT2D eigenvalue weighted by atomic mass is 10.1. The molecule has 1 rings (SSSR count). The number of hydrogen-bond acceptors (Lipinski definition) is 2. The van der Waals surface area contributed by atoms with Crippen LogP contribution in [-0.4, -0.2) is 11.6 Å². The molecule has 0 saturated carbocycles. The first-order valence-electron chi connectivity index (χ1n) is 5.56. The van der Waals surface area contributed by atoms with Crippen molar-refractivity contribution in [2.24, 2.45) is 0 Å². The molecule has 0 bridgehead atoms. The van der Waals surface area contributed by atoms with Crippen molar-refractivity contribution in [3.63, 3.8) is 0 Å². The molecule has 0 aliphatic heterocycles. The van der Waals surface area contributed by atoms with Crippen molar-refractivity contribution < 1.29 is 22.7 Å². The van der Waals surface area contributed by atoms with Gasteiger partial charge < -0.3 is 4.74 Å². The van der Waals surface area contributed by atoms with Crippen molar-refractivity contribution in [1.82, 2.24) is 0 Å². The standard InChI is InChI=1S/C13H14BrF3O2/c1-12(2,3)19-11(18)6-8-4-9(13(15,16)17)7-10(14)5-8/h4-5,7H,6H2,1-3H3. The largest absolute Gasteiger partial charge is 0.460 e. The van der Waals surface area contributed by atoms with Crippen LogP contribution in [0.25, 0.3) is 0 Å². The maximum atomic E-state index is 12.6. The Bertz CT molecular complexity index is 476. The summed E-state index contributed by atoms with van der Waals surface area (Å²) in [5, 5.41) is 0. The SMILES string of the molecule is CC(C)(C)OC(=O)Cc1cc(Br)cc(C(F)(F)F)c1. The summed E-state index contributed by atoms with van der Waals surface area (Å²) in [6.07, 6.45) is -4.63. The molecule has 1 aromatic carbocycles. The van der Waals surface area contributed by atoms with Crippen LogP contribution in [0.2, 0.25) is 0 Å². The number of ether oxygens (including phenoxy) is 1. The number of hydrogen-bond donors (Lipinski definition) is 0. The summed E-state index contributed by atoms with van der Waals surface area (Å²) >= 11 is 3.00. The zero-order chi connectivity index (χ0) is 14.8. The van der Waals surface area contributed by atoms with Crippen LogP contribution in [0.1, 0.15) is 31.9 Å². The van der Waals surface area contributed by atoms with Crippen LogP contribution < -0.4 is 0 Å². The molecular weight excluding hydrogens is 325 g/mol. The van der Waals surface area contributed by atoms with Crippen LogP contribution in [-0.2, 0) is 22.1 Å². The predicted octanol–water partition coefficient (Wildman–Crippen LogP) is 4.35. The van der Waals surface area contributed by atoms with Gasteiger partial charge in [0.2, 0.25) is 0 Å². The van der Waals surface area contributed by atoms with Gasteiger partial charge in [-0.1, -0.05) is 15.9 Å². The number of rotatable bonds is 2. The molecule has 19 heavy (non-hydrogen) atoms. The van der Waals surface area contributed by atoms with Gasteiger partial charge in [0.1, 0.15) is 5.60 Å². The van der Waals surface area contributed by atoms with Gasteiger partial charge in [0.05, 0.1) is 12.0 Å². The monoisotopic (exact) mass is 338 g/mol. The Morgan fingerprint density at radius 3 is 2.26 bits per heavy atom. The van der Waals surface area contributed by atoms with Gasteiger partial charge >= 0.3 is 12.1 Å². The van der Waals surface area contributed by atoms with Crippen molar-refractivity contribution in [3.05, 3.63) is 33.8 Å². The van der Waals surface area contributed by atoms with Gasteiger partial charge in [-0.15, -0.1) is 0 Å². The van der Waals surface area contributed by atoms with Gasteiger partial charge in [-0.25, -0.2) is 0 Å². The summed E-state index contributed by atoms with van der Waals surface area (Å²) in [7, 11) is 0. The Kier molecular flexibility index (Phi) is 4.66. The molecule has 2 nitrogen and oxygen atoms in total. The molecule has 0 aromatic heterocycles. The van der Waals surface area contributed by atoms with E-state index in [1.54, 1.807) is 20.8 Å². The molecule has 0 fully saturated rings. The first-order chi connectivity index (χ1) is 8.47. The molecular formula is C13H14BrF3O2. The predicted molar refractivity (Wildman–Crippen MR) is 68.7 cm³/mol. The number of alkyl halides is 3. The van der Waals surface area contributed by atoms with E-state index in [4.69, 9.17) is 4.74 Å². The molecule has 6 heteroatoms. The molecule has 0 radical (unpaired) electrons. The van der Waals surface area contributed by atoms with E-state index in [0.717, 1.165) is 12.1 Å². The molecule has 0 saturated heterocycles. The first kappa shape index (κ1) is 16.0. The van der Waals surface area contributed by atoms with Crippen molar-refractivity contribution in [2.75, 3.05) is 0 Å². The Morgan fingerprint density at radius 1 is 1.21 bits per heavy atom. The van der Waals surface area contributed by atoms with Gasteiger partial charge in [-0.3, -0.25) is 4.79 Å². The third-order valence-corrected chi connectivity index (χ3v) is 2.51. The number of halogens is 4. The second kappa shape index (κ2) is 5.53. The highest BCUT2D eigenvalue weighted by atomic mass is 79.9. The maximum Gasteiger partial charge on any atom is 0.416 e. The average Bonchev–Trinajstić information content (AvgIpc) is 2.11. The fourth-order valence-electron chi connectivity index (χ4n) is 1.46. The molecule has 0 atom stereocenters. The summed E-state index contributed by atoms with van der Waals surface area (Å²) in [5.41, 5.74) is -1.19. The van der Waals surface area contributed by atoms with Crippen molar-refractivity contribution in [3.8, 4) is 0 Å². The highest BCUT2D eigenvalue weighted by Gasteiger charge is 2.31. The molecule has 0 spiro atoms. The summed E-state index contributed by atoms with van der Waals surface area (Å²) in [6.45, 7) is 5.10. The minimum absolute atomic E-state index is 0.195. The maximum absolute atomic E-state index is 12.6. The van der Waals surface area contributed by atoms with Gasteiger partial charge in [0.25, 0.3) is 0 Å². The third kappa shape index (κ3) is 5.63. The van der Waals surface area contributed by atoms with Crippen LogP contribution >= 0.6 is 15.9 Å². The third-order valence-electron chi connectivity index (χ3n) is 2.05. The van der Waals surface area contributed by atoms with E-state index in [2.05, 4.69) is 15.9 Å². The highest BCUT2D eigenvalue weighted by molar-refractivity contribution is 9.10. The lowest BCUT2D eigenvalue weighted by molar-refractivity contribution is -0.154. The fourth-order valence-corrected chi connectivity index (χ4v) is 2.00. The highest BCUT2D eigenvalue weighted by Crippen LogP contribution is 2.32. The van der Waals surface area contributed by atoms with Crippen LogP contribution in [0.3, 0.4) is 0 Å². The number of benzene rings is 1. The van der Waals surface area contributed by atoms with Gasteiger partial charge in [0.15, 0.2) is 0 Å². The molecule has 0 aliphatic carbocycles. The summed E-state index contributed by atoms with van der Waals surface area (Å²) in [5.74, 6) is -0.557. The van der Waals surface area contributed by atoms with Crippen molar-refractivity contribution >= 4 is 21.9 Å². The second-order valence-electron chi connectivity index (χ2n) is 5.11. The number of carbonyl (C=O) groups is 1. The number of carbonyl (C=O) groups excluding carboxylic acids is 1. The molecule has 0 N–H and O–H groups in total. The van der Waals surface area contributed by atoms with E-state index < -0.39 is 23.3 Å². The molecule has 0 unspecified atom stereocenters. The van der Waals surface area contributed by atoms with Crippen molar-refractivity contribution in [2.45, 2.75) is 39.0 Å². The van der Waals surface area contributed by atoms with E-state index in [0.29, 0.717) is 0 Å². The minimum Gasteiger partial charge on any atom is -0.460 e. The van der Waals surface area contributed by atoms with Crippen LogP contribution in [0, 0.1) is 0 Å². The molecule has 1 aromatic rings.